The van der Waals surface area contributed by atoms with Crippen LogP contribution in [0, 0.1) is 0 Å². The van der Waals surface area contributed by atoms with Crippen molar-refractivity contribution in [3.8, 4) is 0 Å². The van der Waals surface area contributed by atoms with E-state index in [1.54, 1.807) is 31.3 Å². The third kappa shape index (κ3) is 5.69. The molecular formula is C19H30N4O3. The van der Waals surface area contributed by atoms with E-state index >= 15 is 0 Å². The molecule has 0 bridgehead atoms. The summed E-state index contributed by atoms with van der Waals surface area (Å²) in [6.45, 7) is 10.5. The second-order valence-corrected chi connectivity index (χ2v) is 7.49. The number of hydrogen-bond acceptors (Lipinski definition) is 5. The van der Waals surface area contributed by atoms with Crippen LogP contribution < -0.4 is 10.6 Å². The van der Waals surface area contributed by atoms with Crippen molar-refractivity contribution in [2.24, 2.45) is 0 Å². The van der Waals surface area contributed by atoms with Gasteiger partial charge in [0.2, 0.25) is 0 Å². The Labute approximate surface area is 155 Å². The van der Waals surface area contributed by atoms with Gasteiger partial charge in [0.1, 0.15) is 0 Å². The summed E-state index contributed by atoms with van der Waals surface area (Å²) >= 11 is 0. The first kappa shape index (κ1) is 20.2. The number of urea groups is 1. The van der Waals surface area contributed by atoms with Crippen molar-refractivity contribution in [1.82, 2.24) is 20.5 Å². The van der Waals surface area contributed by atoms with Gasteiger partial charge in [-0.3, -0.25) is 9.88 Å². The number of likely N-dealkylation sites (tertiary alicyclic amines) is 1. The normalized spacial score (nSPS) is 17.4. The Morgan fingerprint density at radius 1 is 1.31 bits per heavy atom. The van der Waals surface area contributed by atoms with E-state index in [9.17, 15) is 9.59 Å². The molecule has 1 atom stereocenters. The summed E-state index contributed by atoms with van der Waals surface area (Å²) < 4.78 is 5.07. The Kier molecular flexibility index (Phi) is 6.97. The fourth-order valence-electron chi connectivity index (χ4n) is 3.08. The molecule has 0 saturated carbocycles. The molecule has 1 saturated heterocycles. The molecular weight excluding hydrogens is 332 g/mol. The second kappa shape index (κ2) is 8.98. The molecule has 2 N–H and O–H groups in total. The van der Waals surface area contributed by atoms with E-state index in [2.05, 4.69) is 41.3 Å². The number of pyridine rings is 1. The number of hydrogen-bond donors (Lipinski definition) is 2. The van der Waals surface area contributed by atoms with Crippen molar-refractivity contribution in [3.63, 3.8) is 0 Å². The standard InChI is InChI=1S/C19H30N4O3/c1-5-26-17(24)16(15-8-6-7-11-20-15)22-18(25)21-14-9-12-23(13-10-14)19(2,3)4/h6-8,11,14,16H,5,9-10,12-13H2,1-4H3,(H2,21,22,25). The fraction of sp³-hybridized carbons (Fsp3) is 0.632. The van der Waals surface area contributed by atoms with E-state index in [4.69, 9.17) is 4.74 Å². The molecule has 1 aliphatic heterocycles. The number of piperidine rings is 1. The Bertz CT molecular complexity index is 593. The van der Waals surface area contributed by atoms with E-state index < -0.39 is 12.0 Å². The van der Waals surface area contributed by atoms with Gasteiger partial charge in [-0.05, 0) is 52.7 Å². The Hall–Kier alpha value is -2.15. The molecule has 0 aliphatic carbocycles. The minimum Gasteiger partial charge on any atom is -0.464 e. The molecule has 0 spiro atoms. The topological polar surface area (TPSA) is 83.6 Å². The van der Waals surface area contributed by atoms with Gasteiger partial charge in [-0.2, -0.15) is 0 Å². The first-order chi connectivity index (χ1) is 12.3. The number of esters is 1. The number of rotatable bonds is 5. The van der Waals surface area contributed by atoms with Crippen molar-refractivity contribution in [1.29, 1.82) is 0 Å². The van der Waals surface area contributed by atoms with Crippen LogP contribution in [-0.4, -0.2) is 53.2 Å². The molecule has 1 fully saturated rings. The van der Waals surface area contributed by atoms with E-state index in [1.165, 1.54) is 0 Å². The van der Waals surface area contributed by atoms with Crippen LogP contribution in [0.5, 0.6) is 0 Å². The average Bonchev–Trinajstić information content (AvgIpc) is 2.60. The van der Waals surface area contributed by atoms with Crippen LogP contribution in [0.4, 0.5) is 4.79 Å². The summed E-state index contributed by atoms with van der Waals surface area (Å²) in [5.41, 5.74) is 0.602. The molecule has 26 heavy (non-hydrogen) atoms. The summed E-state index contributed by atoms with van der Waals surface area (Å²) in [5, 5.41) is 5.68. The number of aromatic nitrogens is 1. The summed E-state index contributed by atoms with van der Waals surface area (Å²) in [6, 6.07) is 4.04. The van der Waals surface area contributed by atoms with Gasteiger partial charge in [-0.25, -0.2) is 9.59 Å². The lowest BCUT2D eigenvalue weighted by molar-refractivity contribution is -0.145. The van der Waals surface area contributed by atoms with Gasteiger partial charge in [0, 0.05) is 30.9 Å². The lowest BCUT2D eigenvalue weighted by Gasteiger charge is -2.41. The predicted octanol–water partition coefficient (Wildman–Crippen LogP) is 2.25. The summed E-state index contributed by atoms with van der Waals surface area (Å²) in [7, 11) is 0. The second-order valence-electron chi connectivity index (χ2n) is 7.49. The predicted molar refractivity (Wildman–Crippen MR) is 99.6 cm³/mol. The summed E-state index contributed by atoms with van der Waals surface area (Å²) in [5.74, 6) is -0.510. The molecule has 1 aromatic heterocycles. The highest BCUT2D eigenvalue weighted by Gasteiger charge is 2.29. The highest BCUT2D eigenvalue weighted by molar-refractivity contribution is 5.84. The van der Waals surface area contributed by atoms with Crippen molar-refractivity contribution >= 4 is 12.0 Å². The lowest BCUT2D eigenvalue weighted by Crippen LogP contribution is -2.53. The molecule has 2 amide bonds. The maximum absolute atomic E-state index is 12.4. The highest BCUT2D eigenvalue weighted by Crippen LogP contribution is 2.20. The zero-order valence-corrected chi connectivity index (χ0v) is 16.1. The average molecular weight is 362 g/mol. The van der Waals surface area contributed by atoms with Gasteiger partial charge in [0.05, 0.1) is 12.3 Å². The molecule has 0 aromatic carbocycles. The first-order valence-electron chi connectivity index (χ1n) is 9.21. The summed E-state index contributed by atoms with van der Waals surface area (Å²) in [4.78, 5) is 31.2. The van der Waals surface area contributed by atoms with Crippen molar-refractivity contribution in [2.75, 3.05) is 19.7 Å². The van der Waals surface area contributed by atoms with Gasteiger partial charge in [0.15, 0.2) is 6.04 Å². The molecule has 0 radical (unpaired) electrons. The quantitative estimate of drug-likeness (QED) is 0.785. The Morgan fingerprint density at radius 3 is 2.54 bits per heavy atom. The van der Waals surface area contributed by atoms with Crippen LogP contribution >= 0.6 is 0 Å². The number of ether oxygens (including phenoxy) is 1. The minimum absolute atomic E-state index is 0.0974. The monoisotopic (exact) mass is 362 g/mol. The number of carbonyl (C=O) groups is 2. The zero-order valence-electron chi connectivity index (χ0n) is 16.1. The van der Waals surface area contributed by atoms with E-state index in [-0.39, 0.29) is 24.2 Å². The third-order valence-corrected chi connectivity index (χ3v) is 4.56. The molecule has 1 aromatic rings. The van der Waals surface area contributed by atoms with Gasteiger partial charge in [-0.15, -0.1) is 0 Å². The van der Waals surface area contributed by atoms with Crippen LogP contribution in [0.3, 0.4) is 0 Å². The molecule has 2 heterocycles. The Morgan fingerprint density at radius 2 is 2.00 bits per heavy atom. The molecule has 7 heteroatoms. The van der Waals surface area contributed by atoms with Crippen LogP contribution in [0.2, 0.25) is 0 Å². The van der Waals surface area contributed by atoms with Gasteiger partial charge in [-0.1, -0.05) is 6.07 Å². The van der Waals surface area contributed by atoms with Crippen LogP contribution in [0.15, 0.2) is 24.4 Å². The fourth-order valence-corrected chi connectivity index (χ4v) is 3.08. The van der Waals surface area contributed by atoms with E-state index in [0.29, 0.717) is 5.69 Å². The highest BCUT2D eigenvalue weighted by atomic mass is 16.5. The third-order valence-electron chi connectivity index (χ3n) is 4.56. The molecule has 144 valence electrons. The summed E-state index contributed by atoms with van der Waals surface area (Å²) in [6.07, 6.45) is 3.36. The van der Waals surface area contributed by atoms with E-state index in [1.807, 2.05) is 0 Å². The smallest absolute Gasteiger partial charge is 0.335 e. The zero-order chi connectivity index (χ0) is 19.2. The van der Waals surface area contributed by atoms with Gasteiger partial charge < -0.3 is 15.4 Å². The maximum atomic E-state index is 12.4. The van der Waals surface area contributed by atoms with Crippen molar-refractivity contribution in [3.05, 3.63) is 30.1 Å². The van der Waals surface area contributed by atoms with Gasteiger partial charge >= 0.3 is 12.0 Å². The molecule has 1 aliphatic rings. The van der Waals surface area contributed by atoms with Crippen molar-refractivity contribution < 1.29 is 14.3 Å². The lowest BCUT2D eigenvalue weighted by atomic mass is 9.98. The first-order valence-corrected chi connectivity index (χ1v) is 9.21. The van der Waals surface area contributed by atoms with Crippen molar-refractivity contribution in [2.45, 2.75) is 58.2 Å². The molecule has 7 nitrogen and oxygen atoms in total. The number of nitrogens with one attached hydrogen (secondary N) is 2. The molecule has 2 rings (SSSR count). The van der Waals surface area contributed by atoms with Crippen LogP contribution in [0.25, 0.3) is 0 Å². The van der Waals surface area contributed by atoms with Gasteiger partial charge in [0.25, 0.3) is 0 Å². The maximum Gasteiger partial charge on any atom is 0.335 e. The number of amides is 2. The number of carbonyl (C=O) groups excluding carboxylic acids is 2. The van der Waals surface area contributed by atoms with E-state index in [0.717, 1.165) is 25.9 Å². The number of nitrogens with zero attached hydrogens (tertiary/aromatic N) is 2. The largest absolute Gasteiger partial charge is 0.464 e. The minimum atomic E-state index is -0.911. The molecule has 1 unspecified atom stereocenters. The van der Waals surface area contributed by atoms with Crippen LogP contribution in [0.1, 0.15) is 52.3 Å². The SMILES string of the molecule is CCOC(=O)C(NC(=O)NC1CCN(C(C)(C)C)CC1)c1ccccn1. The Balaban J connectivity index is 1.93. The van der Waals surface area contributed by atoms with Crippen LogP contribution in [-0.2, 0) is 9.53 Å².